The highest BCUT2D eigenvalue weighted by molar-refractivity contribution is 5.54. The fourth-order valence-corrected chi connectivity index (χ4v) is 1.95. The molecule has 0 bridgehead atoms. The standard InChI is InChI=1S/C16H16N2O3/c1-20-14-7-12(8-15(21-2)16(14)19)10-18-13-5-3-4-11(6-13)9-17/h3-8,18-19H,10H2,1-2H3. The summed E-state index contributed by atoms with van der Waals surface area (Å²) in [7, 11) is 2.98. The van der Waals surface area contributed by atoms with Crippen LogP contribution >= 0.6 is 0 Å². The van der Waals surface area contributed by atoms with Gasteiger partial charge in [0.05, 0.1) is 25.9 Å². The molecule has 5 nitrogen and oxygen atoms in total. The van der Waals surface area contributed by atoms with Crippen LogP contribution in [0.4, 0.5) is 5.69 Å². The quantitative estimate of drug-likeness (QED) is 0.883. The Bertz CT molecular complexity index is 652. The summed E-state index contributed by atoms with van der Waals surface area (Å²) < 4.78 is 10.2. The molecule has 0 aliphatic carbocycles. The molecule has 0 saturated carbocycles. The second-order valence-corrected chi connectivity index (χ2v) is 4.40. The fraction of sp³-hybridized carbons (Fsp3) is 0.188. The van der Waals surface area contributed by atoms with Crippen molar-refractivity contribution in [2.75, 3.05) is 19.5 Å². The van der Waals surface area contributed by atoms with Gasteiger partial charge in [-0.2, -0.15) is 5.26 Å². The van der Waals surface area contributed by atoms with Gasteiger partial charge in [-0.05, 0) is 35.9 Å². The molecule has 0 heterocycles. The molecule has 0 saturated heterocycles. The van der Waals surface area contributed by atoms with Gasteiger partial charge in [-0.1, -0.05) is 6.07 Å². The Balaban J connectivity index is 2.18. The van der Waals surface area contributed by atoms with Gasteiger partial charge in [-0.3, -0.25) is 0 Å². The highest BCUT2D eigenvalue weighted by atomic mass is 16.5. The molecule has 21 heavy (non-hydrogen) atoms. The van der Waals surface area contributed by atoms with Gasteiger partial charge in [0.25, 0.3) is 0 Å². The third kappa shape index (κ3) is 3.37. The van der Waals surface area contributed by atoms with Crippen LogP contribution in [0.5, 0.6) is 17.2 Å². The Morgan fingerprint density at radius 1 is 1.14 bits per heavy atom. The summed E-state index contributed by atoms with van der Waals surface area (Å²) in [6, 6.07) is 12.8. The van der Waals surface area contributed by atoms with Gasteiger partial charge in [0.1, 0.15) is 0 Å². The molecule has 0 aromatic heterocycles. The number of phenols is 1. The molecule has 0 aliphatic rings. The average molecular weight is 284 g/mol. The van der Waals surface area contributed by atoms with Crippen LogP contribution in [0.15, 0.2) is 36.4 Å². The number of phenolic OH excluding ortho intramolecular Hbond substituents is 1. The van der Waals surface area contributed by atoms with E-state index in [2.05, 4.69) is 11.4 Å². The second-order valence-electron chi connectivity index (χ2n) is 4.40. The number of nitrogens with zero attached hydrogens (tertiary/aromatic N) is 1. The van der Waals surface area contributed by atoms with E-state index in [1.807, 2.05) is 12.1 Å². The summed E-state index contributed by atoms with van der Waals surface area (Å²) in [4.78, 5) is 0. The first-order valence-electron chi connectivity index (χ1n) is 6.36. The molecule has 0 amide bonds. The highest BCUT2D eigenvalue weighted by Gasteiger charge is 2.11. The van der Waals surface area contributed by atoms with E-state index in [0.717, 1.165) is 11.3 Å². The Hall–Kier alpha value is -2.87. The number of nitrogens with one attached hydrogen (secondary N) is 1. The van der Waals surface area contributed by atoms with Gasteiger partial charge in [-0.25, -0.2) is 0 Å². The number of hydrogen-bond acceptors (Lipinski definition) is 5. The largest absolute Gasteiger partial charge is 0.502 e. The van der Waals surface area contributed by atoms with E-state index in [0.29, 0.717) is 23.6 Å². The third-order valence-electron chi connectivity index (χ3n) is 3.03. The lowest BCUT2D eigenvalue weighted by Crippen LogP contribution is -2.01. The Morgan fingerprint density at radius 2 is 1.81 bits per heavy atom. The molecular weight excluding hydrogens is 268 g/mol. The van der Waals surface area contributed by atoms with E-state index in [9.17, 15) is 5.11 Å². The molecule has 0 atom stereocenters. The van der Waals surface area contributed by atoms with Crippen LogP contribution in [0.2, 0.25) is 0 Å². The molecule has 0 unspecified atom stereocenters. The Morgan fingerprint density at radius 3 is 2.38 bits per heavy atom. The van der Waals surface area contributed by atoms with Crippen molar-refractivity contribution in [2.24, 2.45) is 0 Å². The van der Waals surface area contributed by atoms with Gasteiger partial charge in [-0.15, -0.1) is 0 Å². The van der Waals surface area contributed by atoms with Crippen LogP contribution in [0.25, 0.3) is 0 Å². The number of rotatable bonds is 5. The van der Waals surface area contributed by atoms with E-state index in [1.54, 1.807) is 24.3 Å². The minimum atomic E-state index is -0.0183. The Kier molecular flexibility index (Phi) is 4.52. The van der Waals surface area contributed by atoms with Crippen LogP contribution in [0, 0.1) is 11.3 Å². The summed E-state index contributed by atoms with van der Waals surface area (Å²) in [6.45, 7) is 0.516. The summed E-state index contributed by atoms with van der Waals surface area (Å²) in [6.07, 6.45) is 0. The maximum atomic E-state index is 9.86. The van der Waals surface area contributed by atoms with Crippen LogP contribution < -0.4 is 14.8 Å². The van der Waals surface area contributed by atoms with E-state index in [-0.39, 0.29) is 5.75 Å². The number of aromatic hydroxyl groups is 1. The molecule has 5 heteroatoms. The minimum absolute atomic E-state index is 0.0183. The van der Waals surface area contributed by atoms with Crippen molar-refractivity contribution in [3.63, 3.8) is 0 Å². The molecule has 108 valence electrons. The molecule has 0 spiro atoms. The lowest BCUT2D eigenvalue weighted by Gasteiger charge is -2.12. The number of hydrogen-bond donors (Lipinski definition) is 2. The number of nitriles is 1. The molecule has 0 fully saturated rings. The zero-order valence-electron chi connectivity index (χ0n) is 11.9. The maximum absolute atomic E-state index is 9.86. The SMILES string of the molecule is COc1cc(CNc2cccc(C#N)c2)cc(OC)c1O. The van der Waals surface area contributed by atoms with Gasteiger partial charge in [0.2, 0.25) is 5.75 Å². The fourth-order valence-electron chi connectivity index (χ4n) is 1.95. The van der Waals surface area contributed by atoms with Crippen molar-refractivity contribution in [3.05, 3.63) is 47.5 Å². The predicted molar refractivity (Wildman–Crippen MR) is 79.7 cm³/mol. The van der Waals surface area contributed by atoms with Crippen LogP contribution in [-0.2, 0) is 6.54 Å². The first kappa shape index (κ1) is 14.5. The topological polar surface area (TPSA) is 74.5 Å². The number of anilines is 1. The van der Waals surface area contributed by atoms with Crippen molar-refractivity contribution in [1.29, 1.82) is 5.26 Å². The first-order chi connectivity index (χ1) is 10.2. The maximum Gasteiger partial charge on any atom is 0.200 e. The summed E-state index contributed by atoms with van der Waals surface area (Å²) in [5.74, 6) is 0.698. The van der Waals surface area contributed by atoms with Crippen LogP contribution in [-0.4, -0.2) is 19.3 Å². The predicted octanol–water partition coefficient (Wildman–Crippen LogP) is 2.89. The molecular formula is C16H16N2O3. The van der Waals surface area contributed by atoms with Crippen molar-refractivity contribution in [2.45, 2.75) is 6.54 Å². The number of benzene rings is 2. The minimum Gasteiger partial charge on any atom is -0.502 e. The summed E-state index contributed by atoms with van der Waals surface area (Å²) >= 11 is 0. The molecule has 0 radical (unpaired) electrons. The van der Waals surface area contributed by atoms with Crippen molar-refractivity contribution >= 4 is 5.69 Å². The smallest absolute Gasteiger partial charge is 0.200 e. The van der Waals surface area contributed by atoms with Crippen LogP contribution in [0.3, 0.4) is 0 Å². The lowest BCUT2D eigenvalue weighted by molar-refractivity contribution is 0.339. The molecule has 2 N–H and O–H groups in total. The van der Waals surface area contributed by atoms with Gasteiger partial charge in [0, 0.05) is 12.2 Å². The van der Waals surface area contributed by atoms with E-state index in [4.69, 9.17) is 14.7 Å². The highest BCUT2D eigenvalue weighted by Crippen LogP contribution is 2.37. The van der Waals surface area contributed by atoms with E-state index >= 15 is 0 Å². The molecule has 2 aromatic rings. The van der Waals surface area contributed by atoms with Crippen LogP contribution in [0.1, 0.15) is 11.1 Å². The average Bonchev–Trinajstić information content (AvgIpc) is 2.54. The zero-order chi connectivity index (χ0) is 15.2. The molecule has 0 aliphatic heterocycles. The van der Waals surface area contributed by atoms with Gasteiger partial charge in [0.15, 0.2) is 11.5 Å². The second kappa shape index (κ2) is 6.53. The van der Waals surface area contributed by atoms with Gasteiger partial charge >= 0.3 is 0 Å². The van der Waals surface area contributed by atoms with Gasteiger partial charge < -0.3 is 19.9 Å². The third-order valence-corrected chi connectivity index (χ3v) is 3.03. The molecule has 2 aromatic carbocycles. The summed E-state index contributed by atoms with van der Waals surface area (Å²) in [5, 5.41) is 22.0. The van der Waals surface area contributed by atoms with E-state index < -0.39 is 0 Å². The number of ether oxygens (including phenoxy) is 2. The van der Waals surface area contributed by atoms with Crippen molar-refractivity contribution < 1.29 is 14.6 Å². The monoisotopic (exact) mass is 284 g/mol. The van der Waals surface area contributed by atoms with Crippen molar-refractivity contribution in [1.82, 2.24) is 0 Å². The normalized spacial score (nSPS) is 9.76. The van der Waals surface area contributed by atoms with Crippen molar-refractivity contribution in [3.8, 4) is 23.3 Å². The zero-order valence-corrected chi connectivity index (χ0v) is 11.9. The Labute approximate surface area is 123 Å². The lowest BCUT2D eigenvalue weighted by atomic mass is 10.1. The van der Waals surface area contributed by atoms with E-state index in [1.165, 1.54) is 14.2 Å². The first-order valence-corrected chi connectivity index (χ1v) is 6.36. The molecule has 2 rings (SSSR count). The number of methoxy groups -OCH3 is 2. The summed E-state index contributed by atoms with van der Waals surface area (Å²) in [5.41, 5.74) is 2.34.